The van der Waals surface area contributed by atoms with E-state index in [1.165, 1.54) is 16.6 Å². The molecule has 0 saturated heterocycles. The lowest BCUT2D eigenvalue weighted by atomic mass is 9.98. The van der Waals surface area contributed by atoms with E-state index in [4.69, 9.17) is 5.73 Å². The van der Waals surface area contributed by atoms with Crippen LogP contribution in [0, 0.1) is 0 Å². The molecule has 0 saturated carbocycles. The lowest BCUT2D eigenvalue weighted by molar-refractivity contribution is -0.132. The average molecular weight is 257 g/mol. The summed E-state index contributed by atoms with van der Waals surface area (Å²) in [4.78, 5) is 17.8. The molecule has 1 aromatic carbocycles. The Morgan fingerprint density at radius 3 is 3.11 bits per heavy atom. The number of hydrogen-bond acceptors (Lipinski definition) is 4. The number of carbonyl (C=O) groups is 1. The molecule has 0 aliphatic carbocycles. The molecule has 2 aromatic rings. The Morgan fingerprint density at radius 2 is 2.32 bits per heavy atom. The fourth-order valence-electron chi connectivity index (χ4n) is 2.37. The molecule has 0 radical (unpaired) electrons. The third-order valence-corrected chi connectivity index (χ3v) is 3.43. The SMILES string of the molecule is Nc1cccc2c1CN(C(=O)Cn1cncn1)CC2. The van der Waals surface area contributed by atoms with Gasteiger partial charge in [-0.25, -0.2) is 9.67 Å². The molecule has 0 unspecified atom stereocenters. The Balaban J connectivity index is 1.75. The third-order valence-electron chi connectivity index (χ3n) is 3.43. The van der Waals surface area contributed by atoms with Gasteiger partial charge in [-0.05, 0) is 23.6 Å². The van der Waals surface area contributed by atoms with Crippen molar-refractivity contribution < 1.29 is 4.79 Å². The first-order valence-electron chi connectivity index (χ1n) is 6.20. The summed E-state index contributed by atoms with van der Waals surface area (Å²) in [6, 6.07) is 5.91. The average Bonchev–Trinajstić information content (AvgIpc) is 2.92. The van der Waals surface area contributed by atoms with Crippen molar-refractivity contribution >= 4 is 11.6 Å². The summed E-state index contributed by atoms with van der Waals surface area (Å²) in [5.41, 5.74) is 9.04. The number of nitrogens with two attached hydrogens (primary N) is 1. The van der Waals surface area contributed by atoms with Crippen molar-refractivity contribution in [3.8, 4) is 0 Å². The van der Waals surface area contributed by atoms with E-state index in [9.17, 15) is 4.79 Å². The zero-order valence-corrected chi connectivity index (χ0v) is 10.5. The van der Waals surface area contributed by atoms with E-state index in [-0.39, 0.29) is 12.5 Å². The second-order valence-corrected chi connectivity index (χ2v) is 4.64. The number of nitrogen functional groups attached to an aromatic ring is 1. The van der Waals surface area contributed by atoms with E-state index in [1.54, 1.807) is 6.33 Å². The molecule has 6 heteroatoms. The number of hydrogen-bond donors (Lipinski definition) is 1. The van der Waals surface area contributed by atoms with Crippen LogP contribution in [0.2, 0.25) is 0 Å². The number of benzene rings is 1. The molecular formula is C13H15N5O. The standard InChI is InChI=1S/C13H15N5O/c14-12-3-1-2-10-4-5-17(6-11(10)12)13(19)7-18-9-15-8-16-18/h1-3,8-9H,4-7,14H2. The maximum Gasteiger partial charge on any atom is 0.244 e. The van der Waals surface area contributed by atoms with E-state index in [1.807, 2.05) is 17.0 Å². The van der Waals surface area contributed by atoms with Crippen molar-refractivity contribution in [3.63, 3.8) is 0 Å². The second kappa shape index (κ2) is 4.72. The molecule has 1 aromatic heterocycles. The van der Waals surface area contributed by atoms with Crippen LogP contribution in [0.4, 0.5) is 5.69 Å². The van der Waals surface area contributed by atoms with Crippen LogP contribution in [0.25, 0.3) is 0 Å². The fraction of sp³-hybridized carbons (Fsp3) is 0.308. The molecule has 1 amide bonds. The van der Waals surface area contributed by atoms with Gasteiger partial charge in [0.05, 0.1) is 0 Å². The van der Waals surface area contributed by atoms with Crippen LogP contribution in [0.3, 0.4) is 0 Å². The highest BCUT2D eigenvalue weighted by molar-refractivity contribution is 5.76. The summed E-state index contributed by atoms with van der Waals surface area (Å²) >= 11 is 0. The first kappa shape index (κ1) is 11.7. The van der Waals surface area contributed by atoms with Crippen LogP contribution in [-0.2, 0) is 24.3 Å². The summed E-state index contributed by atoms with van der Waals surface area (Å²) in [5.74, 6) is 0.0411. The summed E-state index contributed by atoms with van der Waals surface area (Å²) in [5, 5.41) is 3.95. The summed E-state index contributed by atoms with van der Waals surface area (Å²) in [6.45, 7) is 1.53. The largest absolute Gasteiger partial charge is 0.398 e. The number of fused-ring (bicyclic) bond motifs is 1. The van der Waals surface area contributed by atoms with Gasteiger partial charge in [0.25, 0.3) is 0 Å². The molecule has 3 rings (SSSR count). The van der Waals surface area contributed by atoms with Gasteiger partial charge in [-0.15, -0.1) is 0 Å². The first-order chi connectivity index (χ1) is 9.24. The molecule has 0 spiro atoms. The first-order valence-corrected chi connectivity index (χ1v) is 6.20. The molecule has 2 heterocycles. The minimum Gasteiger partial charge on any atom is -0.398 e. The van der Waals surface area contributed by atoms with Crippen LogP contribution in [0.1, 0.15) is 11.1 Å². The molecule has 19 heavy (non-hydrogen) atoms. The van der Waals surface area contributed by atoms with Crippen molar-refractivity contribution in [2.45, 2.75) is 19.5 Å². The van der Waals surface area contributed by atoms with Crippen molar-refractivity contribution in [1.29, 1.82) is 0 Å². The van der Waals surface area contributed by atoms with E-state index < -0.39 is 0 Å². The van der Waals surface area contributed by atoms with Crippen molar-refractivity contribution in [1.82, 2.24) is 19.7 Å². The van der Waals surface area contributed by atoms with Gasteiger partial charge in [-0.2, -0.15) is 5.10 Å². The van der Waals surface area contributed by atoms with Crippen LogP contribution in [0.15, 0.2) is 30.9 Å². The molecular weight excluding hydrogens is 242 g/mol. The molecule has 0 bridgehead atoms. The Bertz CT molecular complexity index is 593. The number of aromatic nitrogens is 3. The van der Waals surface area contributed by atoms with Gasteiger partial charge < -0.3 is 10.6 Å². The lowest BCUT2D eigenvalue weighted by Crippen LogP contribution is -2.38. The highest BCUT2D eigenvalue weighted by Gasteiger charge is 2.22. The minimum atomic E-state index is 0.0411. The van der Waals surface area contributed by atoms with Gasteiger partial charge in [0.2, 0.25) is 5.91 Å². The Morgan fingerprint density at radius 1 is 1.42 bits per heavy atom. The zero-order valence-electron chi connectivity index (χ0n) is 10.5. The van der Waals surface area contributed by atoms with Gasteiger partial charge in [0, 0.05) is 18.8 Å². The predicted octanol–water partition coefficient (Wildman–Crippen LogP) is 0.445. The number of nitrogens with zero attached hydrogens (tertiary/aromatic N) is 4. The fourth-order valence-corrected chi connectivity index (χ4v) is 2.37. The van der Waals surface area contributed by atoms with Gasteiger partial charge >= 0.3 is 0 Å². The number of amides is 1. The molecule has 98 valence electrons. The Kier molecular flexibility index (Phi) is 2.91. The highest BCUT2D eigenvalue weighted by atomic mass is 16.2. The Hall–Kier alpha value is -2.37. The highest BCUT2D eigenvalue weighted by Crippen LogP contribution is 2.24. The number of carbonyl (C=O) groups excluding carboxylic acids is 1. The van der Waals surface area contributed by atoms with E-state index >= 15 is 0 Å². The van der Waals surface area contributed by atoms with Crippen molar-refractivity contribution in [3.05, 3.63) is 42.0 Å². The molecule has 0 fully saturated rings. The predicted molar refractivity (Wildman–Crippen MR) is 70.0 cm³/mol. The molecule has 1 aliphatic rings. The number of rotatable bonds is 2. The van der Waals surface area contributed by atoms with Gasteiger partial charge in [-0.3, -0.25) is 4.79 Å². The Labute approximate surface area is 110 Å². The van der Waals surface area contributed by atoms with Crippen LogP contribution >= 0.6 is 0 Å². The lowest BCUT2D eigenvalue weighted by Gasteiger charge is -2.29. The van der Waals surface area contributed by atoms with Gasteiger partial charge in [0.15, 0.2) is 0 Å². The molecule has 0 atom stereocenters. The monoisotopic (exact) mass is 257 g/mol. The van der Waals surface area contributed by atoms with Crippen LogP contribution in [0.5, 0.6) is 0 Å². The van der Waals surface area contributed by atoms with Gasteiger partial charge in [0.1, 0.15) is 19.2 Å². The van der Waals surface area contributed by atoms with Crippen molar-refractivity contribution in [2.24, 2.45) is 0 Å². The summed E-state index contributed by atoms with van der Waals surface area (Å²) in [7, 11) is 0. The van der Waals surface area contributed by atoms with Crippen molar-refractivity contribution in [2.75, 3.05) is 12.3 Å². The normalized spacial score (nSPS) is 14.2. The van der Waals surface area contributed by atoms with E-state index in [2.05, 4.69) is 16.1 Å². The summed E-state index contributed by atoms with van der Waals surface area (Å²) < 4.78 is 1.53. The van der Waals surface area contributed by atoms with E-state index in [0.717, 1.165) is 24.2 Å². The van der Waals surface area contributed by atoms with Crippen LogP contribution < -0.4 is 5.73 Å². The molecule has 6 nitrogen and oxygen atoms in total. The number of anilines is 1. The maximum absolute atomic E-state index is 12.2. The molecule has 2 N–H and O–H groups in total. The topological polar surface area (TPSA) is 77.0 Å². The van der Waals surface area contributed by atoms with Crippen LogP contribution in [-0.4, -0.2) is 32.1 Å². The zero-order chi connectivity index (χ0) is 13.2. The second-order valence-electron chi connectivity index (χ2n) is 4.64. The minimum absolute atomic E-state index is 0.0411. The summed E-state index contributed by atoms with van der Waals surface area (Å²) in [6.07, 6.45) is 3.82. The third kappa shape index (κ3) is 2.29. The van der Waals surface area contributed by atoms with E-state index in [0.29, 0.717) is 6.54 Å². The van der Waals surface area contributed by atoms with Gasteiger partial charge in [-0.1, -0.05) is 12.1 Å². The quantitative estimate of drug-likeness (QED) is 0.792. The smallest absolute Gasteiger partial charge is 0.244 e. The maximum atomic E-state index is 12.2. The molecule has 1 aliphatic heterocycles.